The zero-order valence-corrected chi connectivity index (χ0v) is 12.5. The Balaban J connectivity index is 1.82. The molecular weight excluding hydrogens is 232 g/mol. The van der Waals surface area contributed by atoms with E-state index in [2.05, 4.69) is 48.3 Å². The topological polar surface area (TPSA) is 15.3 Å². The van der Waals surface area contributed by atoms with Gasteiger partial charge in [0.2, 0.25) is 0 Å². The van der Waals surface area contributed by atoms with E-state index in [1.165, 1.54) is 43.6 Å². The predicted molar refractivity (Wildman–Crippen MR) is 82.4 cm³/mol. The van der Waals surface area contributed by atoms with Crippen LogP contribution in [0.1, 0.15) is 37.8 Å². The largest absolute Gasteiger partial charge is 0.317 e. The van der Waals surface area contributed by atoms with Crippen molar-refractivity contribution in [3.63, 3.8) is 0 Å². The average molecular weight is 260 g/mol. The predicted octanol–water partition coefficient (Wildman–Crippen LogP) is 3.07. The first-order valence-electron chi connectivity index (χ1n) is 7.83. The van der Waals surface area contributed by atoms with E-state index in [0.717, 1.165) is 25.4 Å². The number of hydrogen-bond acceptors (Lipinski definition) is 2. The Kier molecular flexibility index (Phi) is 5.87. The minimum absolute atomic E-state index is 0.887. The fourth-order valence-corrected chi connectivity index (χ4v) is 2.99. The van der Waals surface area contributed by atoms with Gasteiger partial charge in [0, 0.05) is 6.54 Å². The molecule has 0 atom stereocenters. The second kappa shape index (κ2) is 7.66. The van der Waals surface area contributed by atoms with Crippen molar-refractivity contribution in [2.24, 2.45) is 5.92 Å². The van der Waals surface area contributed by atoms with Crippen molar-refractivity contribution < 1.29 is 0 Å². The lowest BCUT2D eigenvalue weighted by molar-refractivity contribution is 0.175. The molecule has 1 aliphatic heterocycles. The molecule has 0 spiro atoms. The van der Waals surface area contributed by atoms with E-state index in [-0.39, 0.29) is 0 Å². The van der Waals surface area contributed by atoms with Gasteiger partial charge in [0.15, 0.2) is 0 Å². The summed E-state index contributed by atoms with van der Waals surface area (Å²) in [6, 6.07) is 8.90. The van der Waals surface area contributed by atoms with Gasteiger partial charge in [0.25, 0.3) is 0 Å². The second-order valence-corrected chi connectivity index (χ2v) is 5.65. The van der Waals surface area contributed by atoms with Crippen LogP contribution in [-0.2, 0) is 13.0 Å². The van der Waals surface area contributed by atoms with Gasteiger partial charge < -0.3 is 5.32 Å². The minimum atomic E-state index is 0.887. The Morgan fingerprint density at radius 2 is 1.79 bits per heavy atom. The highest BCUT2D eigenvalue weighted by atomic mass is 15.1. The van der Waals surface area contributed by atoms with Crippen molar-refractivity contribution in [2.75, 3.05) is 26.2 Å². The molecule has 0 unspecified atom stereocenters. The number of rotatable bonds is 6. The first-order valence-corrected chi connectivity index (χ1v) is 7.83. The summed E-state index contributed by atoms with van der Waals surface area (Å²) in [7, 11) is 0. The van der Waals surface area contributed by atoms with Gasteiger partial charge in [-0.1, -0.05) is 38.1 Å². The lowest BCUT2D eigenvalue weighted by Gasteiger charge is -2.32. The molecular formula is C17H28N2. The summed E-state index contributed by atoms with van der Waals surface area (Å²) in [4.78, 5) is 2.62. The molecule has 1 aromatic rings. The fourth-order valence-electron chi connectivity index (χ4n) is 2.99. The van der Waals surface area contributed by atoms with Crippen molar-refractivity contribution in [1.29, 1.82) is 0 Å². The van der Waals surface area contributed by atoms with Crippen LogP contribution in [0.4, 0.5) is 0 Å². The number of aryl methyl sites for hydroxylation is 1. The first kappa shape index (κ1) is 14.5. The highest BCUT2D eigenvalue weighted by molar-refractivity contribution is 5.26. The van der Waals surface area contributed by atoms with Gasteiger partial charge in [-0.2, -0.15) is 0 Å². The van der Waals surface area contributed by atoms with Crippen LogP contribution in [0.25, 0.3) is 0 Å². The summed E-state index contributed by atoms with van der Waals surface area (Å²) in [6.45, 7) is 10.4. The minimum Gasteiger partial charge on any atom is -0.317 e. The average Bonchev–Trinajstić information content (AvgIpc) is 2.47. The Morgan fingerprint density at radius 1 is 1.11 bits per heavy atom. The lowest BCUT2D eigenvalue weighted by atomic mass is 9.96. The van der Waals surface area contributed by atoms with Crippen molar-refractivity contribution in [3.8, 4) is 0 Å². The quantitative estimate of drug-likeness (QED) is 0.845. The van der Waals surface area contributed by atoms with E-state index in [1.54, 1.807) is 0 Å². The maximum Gasteiger partial charge on any atom is 0.0236 e. The van der Waals surface area contributed by atoms with E-state index in [1.807, 2.05) is 0 Å². The molecule has 0 aromatic heterocycles. The third-order valence-electron chi connectivity index (χ3n) is 4.28. The zero-order chi connectivity index (χ0) is 13.5. The van der Waals surface area contributed by atoms with Gasteiger partial charge in [-0.3, -0.25) is 4.90 Å². The number of piperidine rings is 1. The fraction of sp³-hybridized carbons (Fsp3) is 0.647. The molecule has 1 N–H and O–H groups in total. The molecule has 1 aromatic carbocycles. The molecule has 2 rings (SSSR count). The highest BCUT2D eigenvalue weighted by Gasteiger charge is 2.19. The van der Waals surface area contributed by atoms with Crippen LogP contribution in [0.15, 0.2) is 24.3 Å². The lowest BCUT2D eigenvalue weighted by Crippen LogP contribution is -2.37. The Bertz CT molecular complexity index is 367. The summed E-state index contributed by atoms with van der Waals surface area (Å²) in [5.74, 6) is 0.887. The van der Waals surface area contributed by atoms with Crippen LogP contribution in [0.3, 0.4) is 0 Å². The van der Waals surface area contributed by atoms with Crippen LogP contribution in [0, 0.1) is 5.92 Å². The van der Waals surface area contributed by atoms with Crippen molar-refractivity contribution in [1.82, 2.24) is 10.2 Å². The smallest absolute Gasteiger partial charge is 0.0236 e. The molecule has 0 saturated carbocycles. The van der Waals surface area contributed by atoms with Gasteiger partial charge in [0.05, 0.1) is 0 Å². The maximum absolute atomic E-state index is 3.48. The SMILES string of the molecule is CCNCC1CCN(Cc2ccccc2CC)CC1. The van der Waals surface area contributed by atoms with E-state index in [9.17, 15) is 0 Å². The molecule has 1 aliphatic rings. The van der Waals surface area contributed by atoms with Crippen molar-refractivity contribution in [2.45, 2.75) is 39.7 Å². The molecule has 1 saturated heterocycles. The number of nitrogens with one attached hydrogen (secondary N) is 1. The second-order valence-electron chi connectivity index (χ2n) is 5.65. The Morgan fingerprint density at radius 3 is 2.42 bits per heavy atom. The molecule has 0 bridgehead atoms. The van der Waals surface area contributed by atoms with Gasteiger partial charge in [-0.05, 0) is 62.5 Å². The summed E-state index contributed by atoms with van der Waals surface area (Å²) >= 11 is 0. The zero-order valence-electron chi connectivity index (χ0n) is 12.5. The van der Waals surface area contributed by atoms with Crippen molar-refractivity contribution >= 4 is 0 Å². The number of nitrogens with zero attached hydrogens (tertiary/aromatic N) is 1. The van der Waals surface area contributed by atoms with Crippen molar-refractivity contribution in [3.05, 3.63) is 35.4 Å². The molecule has 2 nitrogen and oxygen atoms in total. The summed E-state index contributed by atoms with van der Waals surface area (Å²) in [5.41, 5.74) is 3.03. The van der Waals surface area contributed by atoms with Gasteiger partial charge in [0.1, 0.15) is 0 Å². The summed E-state index contributed by atoms with van der Waals surface area (Å²) < 4.78 is 0. The number of benzene rings is 1. The molecule has 2 heteroatoms. The van der Waals surface area contributed by atoms with E-state index < -0.39 is 0 Å². The first-order chi connectivity index (χ1) is 9.33. The Hall–Kier alpha value is -0.860. The molecule has 19 heavy (non-hydrogen) atoms. The van der Waals surface area contributed by atoms with E-state index >= 15 is 0 Å². The van der Waals surface area contributed by atoms with Crippen LogP contribution in [0.5, 0.6) is 0 Å². The third kappa shape index (κ3) is 4.32. The normalized spacial score (nSPS) is 17.8. The monoisotopic (exact) mass is 260 g/mol. The molecule has 106 valence electrons. The Labute approximate surface area is 118 Å². The number of likely N-dealkylation sites (tertiary alicyclic amines) is 1. The number of hydrogen-bond donors (Lipinski definition) is 1. The van der Waals surface area contributed by atoms with Crippen LogP contribution < -0.4 is 5.32 Å². The summed E-state index contributed by atoms with van der Waals surface area (Å²) in [5, 5.41) is 3.48. The van der Waals surface area contributed by atoms with Crippen LogP contribution in [0.2, 0.25) is 0 Å². The van der Waals surface area contributed by atoms with Crippen LogP contribution in [-0.4, -0.2) is 31.1 Å². The molecule has 1 fully saturated rings. The van der Waals surface area contributed by atoms with Crippen LogP contribution >= 0.6 is 0 Å². The molecule has 0 radical (unpaired) electrons. The van der Waals surface area contributed by atoms with Gasteiger partial charge in [-0.15, -0.1) is 0 Å². The molecule has 0 aliphatic carbocycles. The highest BCUT2D eigenvalue weighted by Crippen LogP contribution is 2.20. The molecule has 0 amide bonds. The standard InChI is InChI=1S/C17H28N2/c1-3-16-7-5-6-8-17(16)14-19-11-9-15(10-12-19)13-18-4-2/h5-8,15,18H,3-4,9-14H2,1-2H3. The summed E-state index contributed by atoms with van der Waals surface area (Å²) in [6.07, 6.45) is 3.84. The van der Waals surface area contributed by atoms with E-state index in [4.69, 9.17) is 0 Å². The molecule has 1 heterocycles. The maximum atomic E-state index is 3.48. The third-order valence-corrected chi connectivity index (χ3v) is 4.28. The van der Waals surface area contributed by atoms with Gasteiger partial charge in [-0.25, -0.2) is 0 Å². The van der Waals surface area contributed by atoms with Gasteiger partial charge >= 0.3 is 0 Å². The van der Waals surface area contributed by atoms with E-state index in [0.29, 0.717) is 0 Å².